The first-order valence-corrected chi connectivity index (χ1v) is 13.3. The minimum atomic E-state index is -4.09. The van der Waals surface area contributed by atoms with E-state index in [4.69, 9.17) is 34.8 Å². The molecule has 4 aromatic rings. The Kier molecular flexibility index (Phi) is 6.36. The fraction of sp³-hybridized carbons (Fsp3) is 0.120. The van der Waals surface area contributed by atoms with Gasteiger partial charge in [-0.2, -0.15) is 5.10 Å². The molecule has 1 aliphatic rings. The summed E-state index contributed by atoms with van der Waals surface area (Å²) in [6.07, 6.45) is 1.98. The van der Waals surface area contributed by atoms with Crippen molar-refractivity contribution in [3.63, 3.8) is 0 Å². The number of nitrogens with one attached hydrogen (secondary N) is 1. The molecule has 0 fully saturated rings. The SMILES string of the molecule is O=C(NS(=O)(=O)c1ccccc1)c1nn(-c2ccc(Cl)cc2Cl)c2c1CCCc1cc(Cl)ccc1-2. The predicted octanol–water partition coefficient (Wildman–Crippen LogP) is 6.11. The fourth-order valence-corrected chi connectivity index (χ4v) is 5.92. The summed E-state index contributed by atoms with van der Waals surface area (Å²) >= 11 is 18.9. The molecule has 10 heteroatoms. The van der Waals surface area contributed by atoms with Crippen LogP contribution in [0.25, 0.3) is 16.9 Å². The minimum Gasteiger partial charge on any atom is -0.266 e. The van der Waals surface area contributed by atoms with Crippen LogP contribution in [0.4, 0.5) is 0 Å². The molecule has 0 bridgehead atoms. The van der Waals surface area contributed by atoms with E-state index in [1.54, 1.807) is 47.1 Å². The van der Waals surface area contributed by atoms with Crippen molar-refractivity contribution < 1.29 is 13.2 Å². The Bertz CT molecular complexity index is 1570. The van der Waals surface area contributed by atoms with Gasteiger partial charge in [-0.15, -0.1) is 0 Å². The summed E-state index contributed by atoms with van der Waals surface area (Å²) in [6.45, 7) is 0. The van der Waals surface area contributed by atoms with Crippen LogP contribution < -0.4 is 4.72 Å². The zero-order chi connectivity index (χ0) is 24.7. The van der Waals surface area contributed by atoms with Gasteiger partial charge in [-0.25, -0.2) is 17.8 Å². The number of aromatic nitrogens is 2. The molecule has 5 rings (SSSR count). The third-order valence-corrected chi connectivity index (χ3v) is 7.93. The maximum Gasteiger partial charge on any atom is 0.285 e. The molecule has 178 valence electrons. The van der Waals surface area contributed by atoms with Gasteiger partial charge in [0.05, 0.1) is 21.3 Å². The summed E-state index contributed by atoms with van der Waals surface area (Å²) in [5, 5.41) is 5.97. The van der Waals surface area contributed by atoms with E-state index >= 15 is 0 Å². The number of aryl methyl sites for hydroxylation is 1. The number of hydrogen-bond acceptors (Lipinski definition) is 4. The number of carbonyl (C=O) groups is 1. The average Bonchev–Trinajstić information content (AvgIpc) is 3.08. The molecule has 1 aliphatic carbocycles. The van der Waals surface area contributed by atoms with Crippen LogP contribution in [0.15, 0.2) is 71.6 Å². The molecule has 0 saturated carbocycles. The standard InChI is InChI=1S/C25H18Cl3N3O3S/c26-16-9-11-19-15(13-16)5-4-8-20-23(25(32)30-35(33,34)18-6-2-1-3-7-18)29-31(24(19)20)22-12-10-17(27)14-21(22)28/h1-3,6-7,9-14H,4-5,8H2,(H,30,32). The molecule has 1 heterocycles. The smallest absolute Gasteiger partial charge is 0.266 e. The van der Waals surface area contributed by atoms with Crippen molar-refractivity contribution in [2.75, 3.05) is 0 Å². The highest BCUT2D eigenvalue weighted by Gasteiger charge is 2.30. The number of hydrogen-bond donors (Lipinski definition) is 1. The van der Waals surface area contributed by atoms with Crippen LogP contribution in [-0.2, 0) is 22.9 Å². The van der Waals surface area contributed by atoms with E-state index in [9.17, 15) is 13.2 Å². The zero-order valence-corrected chi connectivity index (χ0v) is 21.2. The van der Waals surface area contributed by atoms with Crippen LogP contribution in [0, 0.1) is 0 Å². The van der Waals surface area contributed by atoms with Gasteiger partial charge in [0.15, 0.2) is 5.69 Å². The van der Waals surface area contributed by atoms with E-state index < -0.39 is 15.9 Å². The molecule has 1 N–H and O–H groups in total. The van der Waals surface area contributed by atoms with E-state index in [0.717, 1.165) is 24.0 Å². The molecule has 35 heavy (non-hydrogen) atoms. The van der Waals surface area contributed by atoms with Gasteiger partial charge in [0, 0.05) is 21.2 Å². The van der Waals surface area contributed by atoms with Crippen LogP contribution >= 0.6 is 34.8 Å². The highest BCUT2D eigenvalue weighted by molar-refractivity contribution is 7.90. The monoisotopic (exact) mass is 545 g/mol. The molecule has 0 atom stereocenters. The Morgan fingerprint density at radius 1 is 0.914 bits per heavy atom. The molecule has 1 amide bonds. The van der Waals surface area contributed by atoms with Crippen molar-refractivity contribution in [1.29, 1.82) is 0 Å². The van der Waals surface area contributed by atoms with Gasteiger partial charge in [0.1, 0.15) is 0 Å². The normalized spacial score (nSPS) is 13.0. The zero-order valence-electron chi connectivity index (χ0n) is 18.1. The Balaban J connectivity index is 1.69. The summed E-state index contributed by atoms with van der Waals surface area (Å²) < 4.78 is 29.4. The minimum absolute atomic E-state index is 0.0143. The number of halogens is 3. The van der Waals surface area contributed by atoms with Crippen LogP contribution in [0.2, 0.25) is 15.1 Å². The lowest BCUT2D eigenvalue weighted by Gasteiger charge is -2.13. The largest absolute Gasteiger partial charge is 0.285 e. The first-order chi connectivity index (χ1) is 16.7. The number of carbonyl (C=O) groups excluding carboxylic acids is 1. The van der Waals surface area contributed by atoms with Gasteiger partial charge in [0.2, 0.25) is 0 Å². The van der Waals surface area contributed by atoms with Crippen LogP contribution in [0.5, 0.6) is 0 Å². The lowest BCUT2D eigenvalue weighted by Crippen LogP contribution is -2.31. The Labute approximate surface area is 217 Å². The van der Waals surface area contributed by atoms with Crippen molar-refractivity contribution in [2.24, 2.45) is 0 Å². The van der Waals surface area contributed by atoms with Gasteiger partial charge in [0.25, 0.3) is 15.9 Å². The molecular formula is C25H18Cl3N3O3S. The molecule has 0 radical (unpaired) electrons. The number of amides is 1. The van der Waals surface area contributed by atoms with E-state index in [1.807, 2.05) is 12.1 Å². The first-order valence-electron chi connectivity index (χ1n) is 10.7. The Morgan fingerprint density at radius 2 is 1.63 bits per heavy atom. The lowest BCUT2D eigenvalue weighted by atomic mass is 10.0. The summed E-state index contributed by atoms with van der Waals surface area (Å²) in [5.41, 5.74) is 3.70. The quantitative estimate of drug-likeness (QED) is 0.335. The summed E-state index contributed by atoms with van der Waals surface area (Å²) in [5.74, 6) is -0.814. The highest BCUT2D eigenvalue weighted by atomic mass is 35.5. The number of benzene rings is 3. The molecular weight excluding hydrogens is 529 g/mol. The summed E-state index contributed by atoms with van der Waals surface area (Å²) in [6, 6.07) is 18.2. The molecule has 6 nitrogen and oxygen atoms in total. The van der Waals surface area contributed by atoms with Crippen molar-refractivity contribution in [3.05, 3.63) is 98.6 Å². The first kappa shape index (κ1) is 23.9. The fourth-order valence-electron chi connectivity index (χ4n) is 4.26. The van der Waals surface area contributed by atoms with E-state index in [0.29, 0.717) is 38.4 Å². The van der Waals surface area contributed by atoms with Gasteiger partial charge < -0.3 is 0 Å². The molecule has 3 aromatic carbocycles. The second-order valence-corrected chi connectivity index (χ2v) is 11.0. The molecule has 0 spiro atoms. The van der Waals surface area contributed by atoms with Gasteiger partial charge in [-0.1, -0.05) is 59.1 Å². The van der Waals surface area contributed by atoms with Crippen molar-refractivity contribution in [1.82, 2.24) is 14.5 Å². The van der Waals surface area contributed by atoms with Crippen molar-refractivity contribution in [2.45, 2.75) is 24.2 Å². The van der Waals surface area contributed by atoms with Gasteiger partial charge in [-0.3, -0.25) is 4.79 Å². The van der Waals surface area contributed by atoms with Gasteiger partial charge >= 0.3 is 0 Å². The maximum absolute atomic E-state index is 13.3. The molecule has 0 unspecified atom stereocenters. The second-order valence-electron chi connectivity index (χ2n) is 8.09. The average molecular weight is 547 g/mol. The lowest BCUT2D eigenvalue weighted by molar-refractivity contribution is 0.0975. The number of nitrogens with zero attached hydrogens (tertiary/aromatic N) is 2. The van der Waals surface area contributed by atoms with E-state index in [2.05, 4.69) is 9.82 Å². The number of fused-ring (bicyclic) bond motifs is 3. The van der Waals surface area contributed by atoms with Crippen molar-refractivity contribution in [3.8, 4) is 16.9 Å². The second kappa shape index (κ2) is 9.32. The maximum atomic E-state index is 13.3. The topological polar surface area (TPSA) is 81.1 Å². The van der Waals surface area contributed by atoms with Crippen LogP contribution in [0.3, 0.4) is 0 Å². The Morgan fingerprint density at radius 3 is 2.37 bits per heavy atom. The molecule has 0 saturated heterocycles. The van der Waals surface area contributed by atoms with E-state index in [-0.39, 0.29) is 10.6 Å². The predicted molar refractivity (Wildman–Crippen MR) is 137 cm³/mol. The highest BCUT2D eigenvalue weighted by Crippen LogP contribution is 2.38. The van der Waals surface area contributed by atoms with E-state index in [1.165, 1.54) is 12.1 Å². The summed E-state index contributed by atoms with van der Waals surface area (Å²) in [7, 11) is -4.09. The third kappa shape index (κ3) is 4.57. The third-order valence-electron chi connectivity index (χ3n) is 5.81. The van der Waals surface area contributed by atoms with Gasteiger partial charge in [-0.05, 0) is 67.3 Å². The van der Waals surface area contributed by atoms with Crippen LogP contribution in [-0.4, -0.2) is 24.1 Å². The summed E-state index contributed by atoms with van der Waals surface area (Å²) in [4.78, 5) is 13.3. The molecule has 0 aliphatic heterocycles. The Hall–Kier alpha value is -2.84. The van der Waals surface area contributed by atoms with Crippen LogP contribution in [0.1, 0.15) is 28.0 Å². The number of sulfonamides is 1. The van der Waals surface area contributed by atoms with Crippen molar-refractivity contribution >= 4 is 50.7 Å². The number of rotatable bonds is 4. The molecule has 1 aromatic heterocycles.